The van der Waals surface area contributed by atoms with E-state index in [4.69, 9.17) is 4.74 Å². The van der Waals surface area contributed by atoms with Crippen LogP contribution < -0.4 is 15.0 Å². The molecular formula is C21H21N3O5. The first-order valence-corrected chi connectivity index (χ1v) is 9.12. The molecule has 3 rings (SSSR count). The number of nitro benzene ring substituents is 1. The number of allylic oxidation sites excluding steroid dienone is 1. The third-order valence-corrected chi connectivity index (χ3v) is 4.60. The molecule has 0 spiro atoms. The zero-order valence-corrected chi connectivity index (χ0v) is 16.0. The van der Waals surface area contributed by atoms with E-state index in [1.54, 1.807) is 42.2 Å². The molecule has 0 fully saturated rings. The number of non-ortho nitro benzene ring substituents is 1. The Morgan fingerprint density at radius 2 is 2.14 bits per heavy atom. The molecular weight excluding hydrogens is 374 g/mol. The Labute approximate surface area is 167 Å². The second kappa shape index (κ2) is 8.55. The van der Waals surface area contributed by atoms with E-state index in [0.717, 1.165) is 0 Å². The summed E-state index contributed by atoms with van der Waals surface area (Å²) in [4.78, 5) is 37.1. The van der Waals surface area contributed by atoms with E-state index in [-0.39, 0.29) is 36.6 Å². The van der Waals surface area contributed by atoms with E-state index in [0.29, 0.717) is 29.1 Å². The molecule has 8 heteroatoms. The number of anilines is 2. The van der Waals surface area contributed by atoms with Crippen molar-refractivity contribution < 1.29 is 19.2 Å². The lowest BCUT2D eigenvalue weighted by atomic mass is 10.1. The number of carbonyl (C=O) groups is 2. The number of rotatable bonds is 6. The molecule has 8 nitrogen and oxygen atoms in total. The number of ether oxygens (including phenoxy) is 1. The summed E-state index contributed by atoms with van der Waals surface area (Å²) in [5.41, 5.74) is 1.69. The third-order valence-electron chi connectivity index (χ3n) is 4.60. The van der Waals surface area contributed by atoms with Crippen LogP contribution in [0.5, 0.6) is 5.75 Å². The third kappa shape index (κ3) is 4.43. The van der Waals surface area contributed by atoms with E-state index < -0.39 is 4.92 Å². The van der Waals surface area contributed by atoms with Crippen LogP contribution in [0.2, 0.25) is 0 Å². The lowest BCUT2D eigenvalue weighted by Crippen LogP contribution is -2.41. The summed E-state index contributed by atoms with van der Waals surface area (Å²) >= 11 is 0. The fourth-order valence-electron chi connectivity index (χ4n) is 3.31. The molecule has 29 heavy (non-hydrogen) atoms. The van der Waals surface area contributed by atoms with Crippen LogP contribution in [0.25, 0.3) is 0 Å². The maximum atomic E-state index is 13.0. The molecule has 1 aliphatic heterocycles. The van der Waals surface area contributed by atoms with Crippen LogP contribution in [0.4, 0.5) is 17.1 Å². The molecule has 0 aromatic heterocycles. The minimum Gasteiger partial charge on any atom is -0.483 e. The number of para-hydroxylation sites is 2. The van der Waals surface area contributed by atoms with Gasteiger partial charge >= 0.3 is 0 Å². The van der Waals surface area contributed by atoms with Crippen molar-refractivity contribution in [3.05, 3.63) is 70.8 Å². The number of nitrogens with one attached hydrogen (secondary N) is 1. The summed E-state index contributed by atoms with van der Waals surface area (Å²) in [5, 5.41) is 13.8. The highest BCUT2D eigenvalue weighted by Gasteiger charge is 2.29. The molecule has 0 bridgehead atoms. The van der Waals surface area contributed by atoms with E-state index >= 15 is 0 Å². The van der Waals surface area contributed by atoms with E-state index in [1.165, 1.54) is 18.2 Å². The smallest absolute Gasteiger partial charge is 0.269 e. The van der Waals surface area contributed by atoms with Crippen molar-refractivity contribution in [1.29, 1.82) is 0 Å². The number of carbonyl (C=O) groups excluding carboxylic acids is 2. The summed E-state index contributed by atoms with van der Waals surface area (Å²) in [6, 6.07) is 11.0. The Morgan fingerprint density at radius 3 is 2.86 bits per heavy atom. The number of hydrogen-bond acceptors (Lipinski definition) is 5. The first-order valence-electron chi connectivity index (χ1n) is 9.12. The molecule has 0 radical (unpaired) electrons. The molecule has 0 unspecified atom stereocenters. The molecule has 150 valence electrons. The molecule has 1 aliphatic rings. The average molecular weight is 395 g/mol. The Bertz CT molecular complexity index is 973. The topological polar surface area (TPSA) is 102 Å². The predicted molar refractivity (Wildman–Crippen MR) is 109 cm³/mol. The number of hydrogen-bond donors (Lipinski definition) is 1. The van der Waals surface area contributed by atoms with Gasteiger partial charge in [0, 0.05) is 30.2 Å². The Balaban J connectivity index is 1.83. The van der Waals surface area contributed by atoms with Gasteiger partial charge in [-0.15, -0.1) is 6.58 Å². The summed E-state index contributed by atoms with van der Waals surface area (Å²) < 4.78 is 5.70. The first-order chi connectivity index (χ1) is 13.9. The summed E-state index contributed by atoms with van der Waals surface area (Å²) in [5.74, 6) is -0.0945. The van der Waals surface area contributed by atoms with Gasteiger partial charge in [-0.2, -0.15) is 0 Å². The largest absolute Gasteiger partial charge is 0.483 e. The van der Waals surface area contributed by atoms with Crippen molar-refractivity contribution in [1.82, 2.24) is 0 Å². The second-order valence-electron chi connectivity index (χ2n) is 6.71. The van der Waals surface area contributed by atoms with Crippen LogP contribution >= 0.6 is 0 Å². The van der Waals surface area contributed by atoms with Gasteiger partial charge in [-0.25, -0.2) is 0 Å². The molecule has 2 aromatic carbocycles. The molecule has 1 heterocycles. The van der Waals surface area contributed by atoms with Gasteiger partial charge in [0.15, 0.2) is 6.61 Å². The first kappa shape index (κ1) is 20.1. The molecule has 2 aromatic rings. The minimum atomic E-state index is -0.485. The zero-order valence-electron chi connectivity index (χ0n) is 16.0. The normalized spacial score (nSPS) is 15.7. The van der Waals surface area contributed by atoms with Gasteiger partial charge in [0.05, 0.1) is 16.3 Å². The molecule has 0 saturated heterocycles. The van der Waals surface area contributed by atoms with Gasteiger partial charge in [-0.05, 0) is 31.5 Å². The molecule has 0 aliphatic carbocycles. The maximum absolute atomic E-state index is 13.0. The fraction of sp³-hybridized carbons (Fsp3) is 0.238. The van der Waals surface area contributed by atoms with Gasteiger partial charge < -0.3 is 15.0 Å². The van der Waals surface area contributed by atoms with Crippen LogP contribution in [0, 0.1) is 10.1 Å². The monoisotopic (exact) mass is 395 g/mol. The average Bonchev–Trinajstić information content (AvgIpc) is 2.81. The number of nitro groups is 1. The van der Waals surface area contributed by atoms with Gasteiger partial charge in [-0.3, -0.25) is 19.7 Å². The van der Waals surface area contributed by atoms with Crippen molar-refractivity contribution in [3.63, 3.8) is 0 Å². The van der Waals surface area contributed by atoms with Gasteiger partial charge in [0.2, 0.25) is 5.91 Å². The van der Waals surface area contributed by atoms with Crippen molar-refractivity contribution in [2.45, 2.75) is 25.8 Å². The van der Waals surface area contributed by atoms with Crippen molar-refractivity contribution in [3.8, 4) is 5.75 Å². The Morgan fingerprint density at radius 1 is 1.38 bits per heavy atom. The van der Waals surface area contributed by atoms with E-state index in [2.05, 4.69) is 11.9 Å². The molecule has 2 amide bonds. The lowest BCUT2D eigenvalue weighted by Gasteiger charge is -2.28. The Kier molecular flexibility index (Phi) is 5.92. The van der Waals surface area contributed by atoms with Crippen LogP contribution in [0.1, 0.15) is 18.9 Å². The van der Waals surface area contributed by atoms with Gasteiger partial charge in [0.1, 0.15) is 5.75 Å². The number of nitrogens with zero attached hydrogens (tertiary/aromatic N) is 2. The summed E-state index contributed by atoms with van der Waals surface area (Å²) in [6.07, 6.45) is 2.14. The number of fused-ring (bicyclic) bond motifs is 1. The zero-order chi connectivity index (χ0) is 21.0. The van der Waals surface area contributed by atoms with Crippen molar-refractivity contribution in [2.24, 2.45) is 0 Å². The standard InChI is InChI=1S/C21H21N3O5/c1-3-6-15-12-16(24(27)28)9-10-19(15)29-13-21(26)23-14(2)11-20(25)22-17-7-4-5-8-18(17)23/h3-5,7-10,12,14H,1,6,11,13H2,2H3,(H,22,25)/t14-/m0/s1. The van der Waals surface area contributed by atoms with Crippen LogP contribution in [0.15, 0.2) is 55.1 Å². The van der Waals surface area contributed by atoms with Crippen LogP contribution in [0.3, 0.4) is 0 Å². The highest BCUT2D eigenvalue weighted by atomic mass is 16.6. The maximum Gasteiger partial charge on any atom is 0.269 e. The highest BCUT2D eigenvalue weighted by Crippen LogP contribution is 2.31. The number of benzene rings is 2. The molecule has 1 atom stereocenters. The minimum absolute atomic E-state index is 0.0554. The van der Waals surface area contributed by atoms with Crippen molar-refractivity contribution >= 4 is 28.9 Å². The lowest BCUT2D eigenvalue weighted by molar-refractivity contribution is -0.384. The van der Waals surface area contributed by atoms with Crippen LogP contribution in [-0.4, -0.2) is 29.4 Å². The highest BCUT2D eigenvalue weighted by molar-refractivity contribution is 6.04. The second-order valence-corrected chi connectivity index (χ2v) is 6.71. The quantitative estimate of drug-likeness (QED) is 0.458. The number of amides is 2. The summed E-state index contributed by atoms with van der Waals surface area (Å²) in [6.45, 7) is 5.18. The Hall–Kier alpha value is -3.68. The molecule has 1 N–H and O–H groups in total. The van der Waals surface area contributed by atoms with E-state index in [1.807, 2.05) is 0 Å². The predicted octanol–water partition coefficient (Wildman–Crippen LogP) is 3.47. The SMILES string of the molecule is C=CCc1cc([N+](=O)[O-])ccc1OCC(=O)N1c2ccccc2NC(=O)C[C@@H]1C. The van der Waals surface area contributed by atoms with Gasteiger partial charge in [0.25, 0.3) is 11.6 Å². The molecule has 0 saturated carbocycles. The van der Waals surface area contributed by atoms with E-state index in [9.17, 15) is 19.7 Å². The van der Waals surface area contributed by atoms with Crippen LogP contribution in [-0.2, 0) is 16.0 Å². The van der Waals surface area contributed by atoms with Crippen molar-refractivity contribution in [2.75, 3.05) is 16.8 Å². The van der Waals surface area contributed by atoms with Gasteiger partial charge in [-0.1, -0.05) is 18.2 Å². The fourth-order valence-corrected chi connectivity index (χ4v) is 3.31. The summed E-state index contributed by atoms with van der Waals surface area (Å²) in [7, 11) is 0.